The lowest BCUT2D eigenvalue weighted by molar-refractivity contribution is -0.136. The number of carboxylic acid groups (broad SMARTS) is 1. The Bertz CT molecular complexity index is 557. The van der Waals surface area contributed by atoms with Gasteiger partial charge in [-0.05, 0) is 24.5 Å². The Hall–Kier alpha value is -1.91. The quantitative estimate of drug-likeness (QED) is 0.843. The first-order valence-electron chi connectivity index (χ1n) is 5.28. The Labute approximate surface area is 91.7 Å². The Kier molecular flexibility index (Phi) is 1.92. The number of pyridine rings is 1. The Morgan fingerprint density at radius 3 is 3.00 bits per heavy atom. The predicted octanol–water partition coefficient (Wildman–Crippen LogP) is 1.39. The minimum absolute atomic E-state index is 0.000694. The summed E-state index contributed by atoms with van der Waals surface area (Å²) in [5, 5.41) is 8.80. The summed E-state index contributed by atoms with van der Waals surface area (Å²) in [7, 11) is 0. The predicted molar refractivity (Wildman–Crippen MR) is 57.1 cm³/mol. The van der Waals surface area contributed by atoms with Gasteiger partial charge in [-0.25, -0.2) is 9.97 Å². The topological polar surface area (TPSA) is 68.0 Å². The zero-order chi connectivity index (χ0) is 11.1. The van der Waals surface area contributed by atoms with E-state index < -0.39 is 5.97 Å². The van der Waals surface area contributed by atoms with E-state index in [0.717, 1.165) is 29.6 Å². The summed E-state index contributed by atoms with van der Waals surface area (Å²) in [6.45, 7) is 0. The standard InChI is InChI=1S/C11H11N3O2/c15-9(16)5-7-3-4-12-11-10(7)13-6-14(11)8-1-2-8/h3-4,6,8H,1-2,5H2,(H,15,16). The molecule has 5 heteroatoms. The molecule has 1 aliphatic carbocycles. The molecule has 3 rings (SSSR count). The summed E-state index contributed by atoms with van der Waals surface area (Å²) in [4.78, 5) is 19.3. The Morgan fingerprint density at radius 2 is 2.31 bits per heavy atom. The highest BCUT2D eigenvalue weighted by atomic mass is 16.4. The molecule has 0 atom stereocenters. The molecule has 0 spiro atoms. The van der Waals surface area contributed by atoms with Gasteiger partial charge in [0.1, 0.15) is 5.52 Å². The van der Waals surface area contributed by atoms with E-state index in [1.54, 1.807) is 18.6 Å². The fourth-order valence-corrected chi connectivity index (χ4v) is 1.91. The van der Waals surface area contributed by atoms with E-state index in [-0.39, 0.29) is 6.42 Å². The average Bonchev–Trinajstić information content (AvgIpc) is 2.98. The molecule has 2 aromatic heterocycles. The third-order valence-corrected chi connectivity index (χ3v) is 2.83. The zero-order valence-corrected chi connectivity index (χ0v) is 8.63. The van der Waals surface area contributed by atoms with Gasteiger partial charge in [-0.1, -0.05) is 0 Å². The lowest BCUT2D eigenvalue weighted by atomic mass is 10.2. The molecule has 1 aliphatic rings. The van der Waals surface area contributed by atoms with Crippen LogP contribution in [-0.4, -0.2) is 25.6 Å². The van der Waals surface area contributed by atoms with Crippen LogP contribution < -0.4 is 0 Å². The second-order valence-electron chi connectivity index (χ2n) is 4.10. The highest BCUT2D eigenvalue weighted by Crippen LogP contribution is 2.36. The van der Waals surface area contributed by atoms with Crippen molar-refractivity contribution < 1.29 is 9.90 Å². The number of imidazole rings is 1. The lowest BCUT2D eigenvalue weighted by Crippen LogP contribution is -2.01. The minimum atomic E-state index is -0.839. The van der Waals surface area contributed by atoms with Gasteiger partial charge in [0.2, 0.25) is 0 Å². The molecule has 0 unspecified atom stereocenters. The lowest BCUT2D eigenvalue weighted by Gasteiger charge is -2.01. The van der Waals surface area contributed by atoms with Crippen LogP contribution in [-0.2, 0) is 11.2 Å². The van der Waals surface area contributed by atoms with Crippen LogP contribution in [0.1, 0.15) is 24.4 Å². The van der Waals surface area contributed by atoms with Crippen LogP contribution in [0.4, 0.5) is 0 Å². The van der Waals surface area contributed by atoms with Crippen molar-refractivity contribution >= 4 is 17.1 Å². The maximum Gasteiger partial charge on any atom is 0.307 e. The van der Waals surface area contributed by atoms with Crippen molar-refractivity contribution in [1.82, 2.24) is 14.5 Å². The van der Waals surface area contributed by atoms with Gasteiger partial charge in [0.25, 0.3) is 0 Å². The summed E-state index contributed by atoms with van der Waals surface area (Å²) < 4.78 is 2.04. The molecular weight excluding hydrogens is 206 g/mol. The van der Waals surface area contributed by atoms with Crippen LogP contribution in [0.15, 0.2) is 18.6 Å². The summed E-state index contributed by atoms with van der Waals surface area (Å²) in [5.74, 6) is -0.839. The summed E-state index contributed by atoms with van der Waals surface area (Å²) in [6.07, 6.45) is 5.75. The fraction of sp³-hybridized carbons (Fsp3) is 0.364. The maximum absolute atomic E-state index is 10.7. The van der Waals surface area contributed by atoms with Gasteiger partial charge in [-0.15, -0.1) is 0 Å². The van der Waals surface area contributed by atoms with E-state index in [2.05, 4.69) is 9.97 Å². The molecule has 1 N–H and O–H groups in total. The van der Waals surface area contributed by atoms with Crippen LogP contribution >= 0.6 is 0 Å². The first-order valence-corrected chi connectivity index (χ1v) is 5.28. The maximum atomic E-state index is 10.7. The number of rotatable bonds is 3. The molecular formula is C11H11N3O2. The summed E-state index contributed by atoms with van der Waals surface area (Å²) >= 11 is 0. The monoisotopic (exact) mass is 217 g/mol. The number of nitrogens with zero attached hydrogens (tertiary/aromatic N) is 3. The van der Waals surface area contributed by atoms with Crippen molar-refractivity contribution in [2.24, 2.45) is 0 Å². The van der Waals surface area contributed by atoms with Crippen molar-refractivity contribution in [3.63, 3.8) is 0 Å². The van der Waals surface area contributed by atoms with E-state index in [1.807, 2.05) is 4.57 Å². The highest BCUT2D eigenvalue weighted by Gasteiger charge is 2.26. The number of hydrogen-bond donors (Lipinski definition) is 1. The smallest absolute Gasteiger partial charge is 0.307 e. The Morgan fingerprint density at radius 1 is 1.50 bits per heavy atom. The van der Waals surface area contributed by atoms with Crippen LogP contribution in [0.3, 0.4) is 0 Å². The molecule has 2 heterocycles. The molecule has 16 heavy (non-hydrogen) atoms. The van der Waals surface area contributed by atoms with Crippen molar-refractivity contribution in [1.29, 1.82) is 0 Å². The number of fused-ring (bicyclic) bond motifs is 1. The van der Waals surface area contributed by atoms with E-state index in [0.29, 0.717) is 6.04 Å². The Balaban J connectivity index is 2.12. The van der Waals surface area contributed by atoms with Gasteiger partial charge in [-0.3, -0.25) is 4.79 Å². The second-order valence-corrected chi connectivity index (χ2v) is 4.10. The highest BCUT2D eigenvalue weighted by molar-refractivity contribution is 5.81. The molecule has 5 nitrogen and oxygen atoms in total. The number of carboxylic acids is 1. The first-order chi connectivity index (χ1) is 7.75. The second kappa shape index (κ2) is 3.30. The minimum Gasteiger partial charge on any atom is -0.481 e. The van der Waals surface area contributed by atoms with Crippen LogP contribution in [0.2, 0.25) is 0 Å². The number of aliphatic carboxylic acids is 1. The van der Waals surface area contributed by atoms with Gasteiger partial charge in [0.15, 0.2) is 5.65 Å². The van der Waals surface area contributed by atoms with Crippen molar-refractivity contribution in [3.8, 4) is 0 Å². The molecule has 0 aliphatic heterocycles. The van der Waals surface area contributed by atoms with Gasteiger partial charge < -0.3 is 9.67 Å². The van der Waals surface area contributed by atoms with Gasteiger partial charge in [0.05, 0.1) is 12.7 Å². The molecule has 0 radical (unpaired) electrons. The van der Waals surface area contributed by atoms with E-state index in [9.17, 15) is 4.79 Å². The molecule has 0 bridgehead atoms. The number of carbonyl (C=O) groups is 1. The van der Waals surface area contributed by atoms with E-state index >= 15 is 0 Å². The third kappa shape index (κ3) is 1.44. The molecule has 2 aromatic rings. The van der Waals surface area contributed by atoms with Crippen LogP contribution in [0.25, 0.3) is 11.2 Å². The van der Waals surface area contributed by atoms with Crippen LogP contribution in [0, 0.1) is 0 Å². The molecule has 1 saturated carbocycles. The molecule has 0 aromatic carbocycles. The fourth-order valence-electron chi connectivity index (χ4n) is 1.91. The summed E-state index contributed by atoms with van der Waals surface area (Å²) in [6, 6.07) is 2.23. The van der Waals surface area contributed by atoms with Gasteiger partial charge >= 0.3 is 5.97 Å². The third-order valence-electron chi connectivity index (χ3n) is 2.83. The van der Waals surface area contributed by atoms with Crippen molar-refractivity contribution in [3.05, 3.63) is 24.2 Å². The average molecular weight is 217 g/mol. The van der Waals surface area contributed by atoms with Crippen molar-refractivity contribution in [2.75, 3.05) is 0 Å². The summed E-state index contributed by atoms with van der Waals surface area (Å²) in [5.41, 5.74) is 2.26. The number of hydrogen-bond acceptors (Lipinski definition) is 3. The van der Waals surface area contributed by atoms with E-state index in [1.165, 1.54) is 0 Å². The van der Waals surface area contributed by atoms with Gasteiger partial charge in [-0.2, -0.15) is 0 Å². The van der Waals surface area contributed by atoms with Crippen LogP contribution in [0.5, 0.6) is 0 Å². The number of aromatic nitrogens is 3. The normalized spacial score (nSPS) is 15.5. The molecule has 0 amide bonds. The molecule has 0 saturated heterocycles. The zero-order valence-electron chi connectivity index (χ0n) is 8.63. The first kappa shape index (κ1) is 9.33. The SMILES string of the molecule is O=C(O)Cc1ccnc2c1ncn2C1CC1. The largest absolute Gasteiger partial charge is 0.481 e. The molecule has 82 valence electrons. The molecule has 1 fully saturated rings. The van der Waals surface area contributed by atoms with E-state index in [4.69, 9.17) is 5.11 Å². The van der Waals surface area contributed by atoms with Gasteiger partial charge in [0, 0.05) is 12.2 Å². The van der Waals surface area contributed by atoms with Crippen molar-refractivity contribution in [2.45, 2.75) is 25.3 Å².